The highest BCUT2D eigenvalue weighted by atomic mass is 16.5. The Balaban J connectivity index is 2.57. The van der Waals surface area contributed by atoms with E-state index in [-0.39, 0.29) is 0 Å². The van der Waals surface area contributed by atoms with Crippen molar-refractivity contribution in [3.05, 3.63) is 28.8 Å². The van der Waals surface area contributed by atoms with Gasteiger partial charge in [-0.05, 0) is 55.5 Å². The number of aryl methyl sites for hydroxylation is 1. The van der Waals surface area contributed by atoms with Crippen LogP contribution >= 0.6 is 0 Å². The molecule has 0 bridgehead atoms. The van der Waals surface area contributed by atoms with Gasteiger partial charge in [-0.2, -0.15) is 0 Å². The molecule has 1 aromatic rings. The summed E-state index contributed by atoms with van der Waals surface area (Å²) in [5, 5.41) is 0. The standard InChI is InChI=1S/C14H18O2/c1-9(2)11-6-5-10-7-13(15-3)14(16-4)8-12(10)11/h7-8H,5-6H2,1-4H3. The molecule has 0 radical (unpaired) electrons. The van der Waals surface area contributed by atoms with Gasteiger partial charge in [0.1, 0.15) is 0 Å². The van der Waals surface area contributed by atoms with Crippen LogP contribution in [-0.2, 0) is 6.42 Å². The van der Waals surface area contributed by atoms with Crippen molar-refractivity contribution < 1.29 is 9.47 Å². The lowest BCUT2D eigenvalue weighted by atomic mass is 10.0. The van der Waals surface area contributed by atoms with Gasteiger partial charge < -0.3 is 9.47 Å². The maximum Gasteiger partial charge on any atom is 0.161 e. The number of benzene rings is 1. The van der Waals surface area contributed by atoms with Crippen LogP contribution in [0.25, 0.3) is 5.57 Å². The molecule has 0 N–H and O–H groups in total. The SMILES string of the molecule is COc1cc2c(cc1OC)C(=C(C)C)CC2. The van der Waals surface area contributed by atoms with Gasteiger partial charge in [0, 0.05) is 0 Å². The van der Waals surface area contributed by atoms with E-state index in [0.29, 0.717) is 0 Å². The zero-order valence-electron chi connectivity index (χ0n) is 10.4. The highest BCUT2D eigenvalue weighted by Gasteiger charge is 2.20. The van der Waals surface area contributed by atoms with E-state index in [1.165, 1.54) is 22.3 Å². The lowest BCUT2D eigenvalue weighted by molar-refractivity contribution is 0.354. The number of fused-ring (bicyclic) bond motifs is 1. The highest BCUT2D eigenvalue weighted by molar-refractivity contribution is 5.76. The lowest BCUT2D eigenvalue weighted by Crippen LogP contribution is -1.93. The average Bonchev–Trinajstić information content (AvgIpc) is 2.69. The number of ether oxygens (including phenoxy) is 2. The Labute approximate surface area is 96.9 Å². The van der Waals surface area contributed by atoms with Crippen molar-refractivity contribution in [3.8, 4) is 11.5 Å². The summed E-state index contributed by atoms with van der Waals surface area (Å²) in [4.78, 5) is 0. The molecular weight excluding hydrogens is 200 g/mol. The second kappa shape index (κ2) is 4.20. The smallest absolute Gasteiger partial charge is 0.161 e. The van der Waals surface area contributed by atoms with Crippen molar-refractivity contribution in [1.29, 1.82) is 0 Å². The van der Waals surface area contributed by atoms with E-state index in [9.17, 15) is 0 Å². The molecule has 1 aliphatic carbocycles. The summed E-state index contributed by atoms with van der Waals surface area (Å²) in [5.74, 6) is 1.65. The predicted molar refractivity (Wildman–Crippen MR) is 66.1 cm³/mol. The van der Waals surface area contributed by atoms with Crippen LogP contribution < -0.4 is 9.47 Å². The van der Waals surface area contributed by atoms with Crippen LogP contribution in [0.15, 0.2) is 17.7 Å². The number of allylic oxidation sites excluding steroid dienone is 2. The third-order valence-electron chi connectivity index (χ3n) is 3.18. The molecule has 0 aliphatic heterocycles. The minimum absolute atomic E-state index is 0.821. The minimum Gasteiger partial charge on any atom is -0.493 e. The monoisotopic (exact) mass is 218 g/mol. The van der Waals surface area contributed by atoms with Crippen LogP contribution in [0.3, 0.4) is 0 Å². The summed E-state index contributed by atoms with van der Waals surface area (Å²) < 4.78 is 10.7. The van der Waals surface area contributed by atoms with Crippen LogP contribution in [0.4, 0.5) is 0 Å². The van der Waals surface area contributed by atoms with Gasteiger partial charge in [-0.25, -0.2) is 0 Å². The Morgan fingerprint density at radius 3 is 2.19 bits per heavy atom. The first-order valence-electron chi connectivity index (χ1n) is 5.59. The van der Waals surface area contributed by atoms with E-state index in [2.05, 4.69) is 26.0 Å². The fourth-order valence-electron chi connectivity index (χ4n) is 2.32. The molecule has 86 valence electrons. The summed E-state index contributed by atoms with van der Waals surface area (Å²) in [6, 6.07) is 4.20. The van der Waals surface area contributed by atoms with Gasteiger partial charge in [0.25, 0.3) is 0 Å². The largest absolute Gasteiger partial charge is 0.493 e. The Bertz CT molecular complexity index is 440. The maximum absolute atomic E-state index is 5.34. The van der Waals surface area contributed by atoms with Gasteiger partial charge in [0.05, 0.1) is 14.2 Å². The summed E-state index contributed by atoms with van der Waals surface area (Å²) in [7, 11) is 3.36. The highest BCUT2D eigenvalue weighted by Crippen LogP contribution is 2.40. The molecule has 0 amide bonds. The van der Waals surface area contributed by atoms with Crippen molar-refractivity contribution in [3.63, 3.8) is 0 Å². The molecule has 0 aromatic heterocycles. The fraction of sp³-hybridized carbons (Fsp3) is 0.429. The Morgan fingerprint density at radius 1 is 1.00 bits per heavy atom. The molecule has 0 spiro atoms. The number of hydrogen-bond acceptors (Lipinski definition) is 2. The molecule has 0 saturated carbocycles. The van der Waals surface area contributed by atoms with E-state index in [4.69, 9.17) is 9.47 Å². The molecule has 1 aromatic carbocycles. The van der Waals surface area contributed by atoms with Gasteiger partial charge >= 0.3 is 0 Å². The molecule has 2 rings (SSSR count). The third-order valence-corrected chi connectivity index (χ3v) is 3.18. The van der Waals surface area contributed by atoms with E-state index >= 15 is 0 Å². The number of rotatable bonds is 2. The van der Waals surface area contributed by atoms with Gasteiger partial charge in [-0.1, -0.05) is 5.57 Å². The molecule has 16 heavy (non-hydrogen) atoms. The first kappa shape index (κ1) is 11.1. The molecular formula is C14H18O2. The van der Waals surface area contributed by atoms with Crippen LogP contribution in [-0.4, -0.2) is 14.2 Å². The van der Waals surface area contributed by atoms with Crippen molar-refractivity contribution in [1.82, 2.24) is 0 Å². The zero-order chi connectivity index (χ0) is 11.7. The Kier molecular flexibility index (Phi) is 2.90. The normalized spacial score (nSPS) is 13.6. The van der Waals surface area contributed by atoms with Crippen LogP contribution in [0.5, 0.6) is 11.5 Å². The van der Waals surface area contributed by atoms with E-state index in [1.807, 2.05) is 0 Å². The second-order valence-corrected chi connectivity index (χ2v) is 4.34. The molecule has 0 saturated heterocycles. The van der Waals surface area contributed by atoms with Gasteiger partial charge in [0.15, 0.2) is 11.5 Å². The first-order valence-corrected chi connectivity index (χ1v) is 5.59. The molecule has 0 unspecified atom stereocenters. The Morgan fingerprint density at radius 2 is 1.62 bits per heavy atom. The second-order valence-electron chi connectivity index (χ2n) is 4.34. The lowest BCUT2D eigenvalue weighted by Gasteiger charge is -2.11. The summed E-state index contributed by atoms with van der Waals surface area (Å²) >= 11 is 0. The minimum atomic E-state index is 0.821. The summed E-state index contributed by atoms with van der Waals surface area (Å²) in [5.41, 5.74) is 5.55. The average molecular weight is 218 g/mol. The molecule has 0 heterocycles. The summed E-state index contributed by atoms with van der Waals surface area (Å²) in [6.07, 6.45) is 2.24. The van der Waals surface area contributed by atoms with Crippen LogP contribution in [0.2, 0.25) is 0 Å². The predicted octanol–water partition coefficient (Wildman–Crippen LogP) is 3.44. The van der Waals surface area contributed by atoms with Gasteiger partial charge in [0.2, 0.25) is 0 Å². The molecule has 2 nitrogen and oxygen atoms in total. The summed E-state index contributed by atoms with van der Waals surface area (Å²) in [6.45, 7) is 4.34. The molecule has 1 aliphatic rings. The van der Waals surface area contributed by atoms with Crippen LogP contribution in [0, 0.1) is 0 Å². The van der Waals surface area contributed by atoms with E-state index in [1.54, 1.807) is 14.2 Å². The quantitative estimate of drug-likeness (QED) is 0.757. The van der Waals surface area contributed by atoms with Crippen molar-refractivity contribution in [2.75, 3.05) is 14.2 Å². The van der Waals surface area contributed by atoms with Crippen molar-refractivity contribution in [2.24, 2.45) is 0 Å². The van der Waals surface area contributed by atoms with Gasteiger partial charge in [-0.3, -0.25) is 0 Å². The third kappa shape index (κ3) is 1.69. The Hall–Kier alpha value is -1.44. The van der Waals surface area contributed by atoms with Gasteiger partial charge in [-0.15, -0.1) is 0 Å². The number of methoxy groups -OCH3 is 2. The maximum atomic E-state index is 5.34. The molecule has 0 atom stereocenters. The molecule has 2 heteroatoms. The van der Waals surface area contributed by atoms with Crippen molar-refractivity contribution >= 4 is 5.57 Å². The first-order chi connectivity index (χ1) is 7.67. The van der Waals surface area contributed by atoms with Crippen molar-refractivity contribution in [2.45, 2.75) is 26.7 Å². The zero-order valence-corrected chi connectivity index (χ0v) is 10.4. The molecule has 0 fully saturated rings. The topological polar surface area (TPSA) is 18.5 Å². The van der Waals surface area contributed by atoms with E-state index < -0.39 is 0 Å². The number of hydrogen-bond donors (Lipinski definition) is 0. The van der Waals surface area contributed by atoms with Crippen LogP contribution in [0.1, 0.15) is 31.4 Å². The fourth-order valence-corrected chi connectivity index (χ4v) is 2.32. The van der Waals surface area contributed by atoms with E-state index in [0.717, 1.165) is 24.3 Å².